The SMILES string of the molecule is CC1=CC(C)[C-]=C1.CC1=[C-]CC(C)=C1.[Cl-].[Cl-].[Zr+4].c1ccc([SiH]c2ccccc2)cc1. The molecule has 0 saturated heterocycles. The summed E-state index contributed by atoms with van der Waals surface area (Å²) in [5.41, 5.74) is 4.06. The number of rotatable bonds is 2. The average Bonchev–Trinajstić information content (AvgIpc) is 3.24. The Labute approximate surface area is 217 Å². The molecule has 0 spiro atoms. The molecule has 30 heavy (non-hydrogen) atoms. The van der Waals surface area contributed by atoms with Gasteiger partial charge in [-0.3, -0.25) is 12.2 Å². The van der Waals surface area contributed by atoms with E-state index in [4.69, 9.17) is 0 Å². The normalized spacial score (nSPS) is 15.3. The van der Waals surface area contributed by atoms with Crippen LogP contribution in [0.15, 0.2) is 95.6 Å². The molecule has 0 heterocycles. The first-order valence-electron chi connectivity index (χ1n) is 9.50. The van der Waals surface area contributed by atoms with E-state index in [1.165, 1.54) is 27.1 Å². The van der Waals surface area contributed by atoms with E-state index in [0.717, 1.165) is 6.42 Å². The van der Waals surface area contributed by atoms with Crippen LogP contribution in [-0.2, 0) is 26.2 Å². The van der Waals surface area contributed by atoms with Crippen molar-refractivity contribution in [1.82, 2.24) is 0 Å². The van der Waals surface area contributed by atoms with Gasteiger partial charge in [0.05, 0.1) is 0 Å². The smallest absolute Gasteiger partial charge is 1.00 e. The van der Waals surface area contributed by atoms with E-state index >= 15 is 0 Å². The summed E-state index contributed by atoms with van der Waals surface area (Å²) in [6, 6.07) is 21.3. The molecule has 1 atom stereocenters. The summed E-state index contributed by atoms with van der Waals surface area (Å²) in [5, 5.41) is 2.90. The van der Waals surface area contributed by atoms with Gasteiger partial charge in [0.15, 0.2) is 0 Å². The van der Waals surface area contributed by atoms with Gasteiger partial charge in [-0.25, -0.2) is 23.3 Å². The van der Waals surface area contributed by atoms with E-state index in [9.17, 15) is 0 Å². The molecule has 4 heteroatoms. The Kier molecular flexibility index (Phi) is 18.5. The van der Waals surface area contributed by atoms with Gasteiger partial charge in [0.2, 0.25) is 0 Å². The van der Waals surface area contributed by atoms with Gasteiger partial charge < -0.3 is 24.8 Å². The molecule has 0 N–H and O–H groups in total. The third-order valence-electron chi connectivity index (χ3n) is 4.13. The van der Waals surface area contributed by atoms with Crippen LogP contribution in [0.5, 0.6) is 0 Å². The number of halogens is 2. The molecule has 1 radical (unpaired) electrons. The Morgan fingerprint density at radius 3 is 1.57 bits per heavy atom. The van der Waals surface area contributed by atoms with Gasteiger partial charge in [-0.15, -0.1) is 13.3 Å². The van der Waals surface area contributed by atoms with Crippen LogP contribution in [0.3, 0.4) is 0 Å². The Bertz CT molecular complexity index is 787. The molecule has 0 bridgehead atoms. The number of allylic oxidation sites excluding steroid dienone is 8. The third kappa shape index (κ3) is 13.4. The fourth-order valence-electron chi connectivity index (χ4n) is 2.79. The van der Waals surface area contributed by atoms with Crippen molar-refractivity contribution in [3.05, 3.63) is 108 Å². The Balaban J connectivity index is 0. The van der Waals surface area contributed by atoms with Gasteiger partial charge in [0.25, 0.3) is 0 Å². The Morgan fingerprint density at radius 2 is 1.33 bits per heavy atom. The predicted molar refractivity (Wildman–Crippen MR) is 121 cm³/mol. The molecule has 1 unspecified atom stereocenters. The van der Waals surface area contributed by atoms with Crippen LogP contribution in [0.4, 0.5) is 0 Å². The number of benzene rings is 2. The monoisotopic (exact) mass is 529 g/mol. The minimum absolute atomic E-state index is 0. The van der Waals surface area contributed by atoms with Crippen molar-refractivity contribution >= 4 is 19.9 Å². The van der Waals surface area contributed by atoms with Crippen LogP contribution in [-0.4, -0.2) is 9.52 Å². The minimum Gasteiger partial charge on any atom is -1.00 e. The number of hydrogen-bond donors (Lipinski definition) is 0. The van der Waals surface area contributed by atoms with Crippen molar-refractivity contribution in [2.45, 2.75) is 34.1 Å². The third-order valence-corrected chi connectivity index (χ3v) is 5.56. The first kappa shape index (κ1) is 31.3. The molecule has 0 saturated carbocycles. The maximum atomic E-state index is 3.19. The van der Waals surface area contributed by atoms with E-state index in [1.54, 1.807) is 0 Å². The van der Waals surface area contributed by atoms with E-state index in [2.05, 4.69) is 113 Å². The molecule has 2 aliphatic carbocycles. The van der Waals surface area contributed by atoms with Gasteiger partial charge in [0.1, 0.15) is 9.52 Å². The molecule has 2 aromatic rings. The fourth-order valence-corrected chi connectivity index (χ4v) is 4.01. The second-order valence-corrected chi connectivity index (χ2v) is 8.63. The molecular formula is C26H29Cl2SiZr. The zero-order valence-electron chi connectivity index (χ0n) is 18.1. The summed E-state index contributed by atoms with van der Waals surface area (Å²) in [7, 11) is 0.271. The van der Waals surface area contributed by atoms with E-state index in [0.29, 0.717) is 5.92 Å². The predicted octanol–water partition coefficient (Wildman–Crippen LogP) is -0.893. The second-order valence-electron chi connectivity index (χ2n) is 7.00. The standard InChI is InChI=1S/C12H11Si.2C7H9.2ClH.Zr/c1-3-7-11(8-4-1)13-12-9-5-2-6-10-12;2*1-6-3-4-7(2)5-6;;;/h1-10,13H;5H,3H2,1-2H3;3,5,7H,1-2H3;2*1H;/q;2*-1;;;+4/p-2. The molecule has 2 aromatic carbocycles. The Hall–Kier alpha value is -0.920. The van der Waals surface area contributed by atoms with E-state index < -0.39 is 0 Å². The first-order chi connectivity index (χ1) is 13.0. The molecular weight excluding hydrogens is 503 g/mol. The molecule has 0 amide bonds. The van der Waals surface area contributed by atoms with Crippen LogP contribution >= 0.6 is 0 Å². The van der Waals surface area contributed by atoms with Crippen LogP contribution in [0.1, 0.15) is 34.1 Å². The zero-order valence-corrected chi connectivity index (χ0v) is 23.2. The van der Waals surface area contributed by atoms with E-state index in [-0.39, 0.29) is 60.5 Å². The summed E-state index contributed by atoms with van der Waals surface area (Å²) in [6.45, 7) is 8.43. The maximum Gasteiger partial charge on any atom is 4.00 e. The van der Waals surface area contributed by atoms with Gasteiger partial charge in [0, 0.05) is 0 Å². The second kappa shape index (κ2) is 17.7. The minimum atomic E-state index is 0. The fraction of sp³-hybridized carbons (Fsp3) is 0.231. The average molecular weight is 532 g/mol. The van der Waals surface area contributed by atoms with Crippen LogP contribution in [0, 0.1) is 18.1 Å². The topological polar surface area (TPSA) is 0 Å². The molecule has 4 rings (SSSR count). The Morgan fingerprint density at radius 1 is 0.833 bits per heavy atom. The van der Waals surface area contributed by atoms with Crippen molar-refractivity contribution in [2.75, 3.05) is 0 Å². The van der Waals surface area contributed by atoms with Crippen molar-refractivity contribution in [3.8, 4) is 0 Å². The summed E-state index contributed by atoms with van der Waals surface area (Å²) in [4.78, 5) is 0. The number of hydrogen-bond acceptors (Lipinski definition) is 0. The quantitative estimate of drug-likeness (QED) is 0.349. The van der Waals surface area contributed by atoms with Crippen LogP contribution < -0.4 is 35.2 Å². The van der Waals surface area contributed by atoms with Gasteiger partial charge in [-0.1, -0.05) is 97.7 Å². The molecule has 2 aliphatic rings. The van der Waals surface area contributed by atoms with Crippen LogP contribution in [0.2, 0.25) is 0 Å². The summed E-state index contributed by atoms with van der Waals surface area (Å²) >= 11 is 0. The van der Waals surface area contributed by atoms with Gasteiger partial charge in [-0.2, -0.15) is 11.6 Å². The summed E-state index contributed by atoms with van der Waals surface area (Å²) in [6.07, 6.45) is 13.8. The largest absolute Gasteiger partial charge is 4.00 e. The van der Waals surface area contributed by atoms with Gasteiger partial charge in [-0.05, 0) is 0 Å². The van der Waals surface area contributed by atoms with Crippen molar-refractivity contribution in [3.63, 3.8) is 0 Å². The summed E-state index contributed by atoms with van der Waals surface area (Å²) in [5.74, 6) is 0.556. The molecule has 0 fully saturated rings. The first-order valence-corrected chi connectivity index (χ1v) is 10.7. The van der Waals surface area contributed by atoms with Crippen molar-refractivity contribution in [2.24, 2.45) is 5.92 Å². The summed E-state index contributed by atoms with van der Waals surface area (Å²) < 4.78 is 0. The molecule has 0 aromatic heterocycles. The van der Waals surface area contributed by atoms with Crippen LogP contribution in [0.25, 0.3) is 0 Å². The molecule has 155 valence electrons. The van der Waals surface area contributed by atoms with Gasteiger partial charge >= 0.3 is 26.2 Å². The maximum absolute atomic E-state index is 3.19. The molecule has 0 aliphatic heterocycles. The van der Waals surface area contributed by atoms with Crippen molar-refractivity contribution < 1.29 is 51.0 Å². The van der Waals surface area contributed by atoms with E-state index in [1.807, 2.05) is 6.08 Å². The zero-order chi connectivity index (χ0) is 19.5. The molecule has 0 nitrogen and oxygen atoms in total. The van der Waals surface area contributed by atoms with Crippen molar-refractivity contribution in [1.29, 1.82) is 0 Å².